The molecule has 2 aliphatic rings. The first-order valence-corrected chi connectivity index (χ1v) is 10.0. The van der Waals surface area contributed by atoms with E-state index in [2.05, 4.69) is 4.98 Å². The van der Waals surface area contributed by atoms with Crippen molar-refractivity contribution in [1.82, 2.24) is 9.88 Å². The van der Waals surface area contributed by atoms with Crippen LogP contribution < -0.4 is 0 Å². The van der Waals surface area contributed by atoms with Crippen LogP contribution in [-0.4, -0.2) is 57.6 Å². The van der Waals surface area contributed by atoms with Crippen molar-refractivity contribution < 1.29 is 19.1 Å². The molecule has 1 fully saturated rings. The molecule has 3 rings (SSSR count). The van der Waals surface area contributed by atoms with E-state index in [1.54, 1.807) is 17.2 Å². The molecular formula is C18H21ClN2O4Si. The van der Waals surface area contributed by atoms with Gasteiger partial charge in [0.2, 0.25) is 5.91 Å². The van der Waals surface area contributed by atoms with Gasteiger partial charge < -0.3 is 14.4 Å². The average molecular weight is 393 g/mol. The van der Waals surface area contributed by atoms with E-state index in [4.69, 9.17) is 21.1 Å². The minimum atomic E-state index is -0.389. The molecule has 0 aromatic carbocycles. The molecule has 0 spiro atoms. The highest BCUT2D eigenvalue weighted by Crippen LogP contribution is 2.29. The number of allylic oxidation sites excluding steroid dienone is 1. The first kappa shape index (κ1) is 19.1. The van der Waals surface area contributed by atoms with E-state index in [9.17, 15) is 9.59 Å². The summed E-state index contributed by atoms with van der Waals surface area (Å²) in [5.41, 5.74) is 1.44. The van der Waals surface area contributed by atoms with E-state index >= 15 is 0 Å². The van der Waals surface area contributed by atoms with Crippen molar-refractivity contribution in [3.63, 3.8) is 0 Å². The first-order valence-electron chi connectivity index (χ1n) is 8.58. The molecule has 2 radical (unpaired) electrons. The zero-order valence-corrected chi connectivity index (χ0v) is 16.6. The van der Waals surface area contributed by atoms with Gasteiger partial charge in [-0.1, -0.05) is 17.7 Å². The molecule has 1 aromatic heterocycles. The number of halogens is 1. The third-order valence-electron chi connectivity index (χ3n) is 4.72. The lowest BCUT2D eigenvalue weighted by molar-refractivity contribution is -0.135. The van der Waals surface area contributed by atoms with E-state index in [1.165, 1.54) is 7.11 Å². The van der Waals surface area contributed by atoms with Crippen molar-refractivity contribution in [3.05, 3.63) is 39.9 Å². The van der Waals surface area contributed by atoms with Crippen LogP contribution in [0.25, 0.3) is 0 Å². The minimum Gasteiger partial charge on any atom is -0.466 e. The molecule has 6 nitrogen and oxygen atoms in total. The van der Waals surface area contributed by atoms with Gasteiger partial charge in [-0.25, -0.2) is 9.78 Å². The molecule has 0 aliphatic carbocycles. The predicted octanol–water partition coefficient (Wildman–Crippen LogP) is 2.30. The van der Waals surface area contributed by atoms with Crippen LogP contribution in [0.3, 0.4) is 0 Å². The summed E-state index contributed by atoms with van der Waals surface area (Å²) in [4.78, 5) is 31.1. The average Bonchev–Trinajstić information content (AvgIpc) is 3.11. The van der Waals surface area contributed by atoms with Gasteiger partial charge >= 0.3 is 5.97 Å². The van der Waals surface area contributed by atoms with Crippen molar-refractivity contribution in [2.24, 2.45) is 0 Å². The highest BCUT2D eigenvalue weighted by molar-refractivity contribution is 6.55. The summed E-state index contributed by atoms with van der Waals surface area (Å²) in [6.45, 7) is 3.01. The molecular weight excluding hydrogens is 372 g/mol. The lowest BCUT2D eigenvalue weighted by atomic mass is 10.1. The molecule has 0 unspecified atom stereocenters. The number of rotatable bonds is 4. The van der Waals surface area contributed by atoms with Crippen molar-refractivity contribution in [2.75, 3.05) is 20.3 Å². The Morgan fingerprint density at radius 1 is 1.50 bits per heavy atom. The molecule has 1 saturated heterocycles. The number of carbonyl (C=O) groups is 2. The molecule has 1 aromatic rings. The van der Waals surface area contributed by atoms with Crippen LogP contribution in [0.15, 0.2) is 29.2 Å². The Kier molecular flexibility index (Phi) is 6.11. The summed E-state index contributed by atoms with van der Waals surface area (Å²) in [7, 11) is 1.49. The summed E-state index contributed by atoms with van der Waals surface area (Å²) in [6, 6.07) is 3.56. The number of hydrogen-bond donors (Lipinski definition) is 0. The topological polar surface area (TPSA) is 68.7 Å². The van der Waals surface area contributed by atoms with E-state index in [0.717, 1.165) is 25.0 Å². The number of hydrogen-bond acceptors (Lipinski definition) is 5. The van der Waals surface area contributed by atoms with Crippen LogP contribution >= 0.6 is 11.6 Å². The minimum absolute atomic E-state index is 0.00986. The summed E-state index contributed by atoms with van der Waals surface area (Å²) < 4.78 is 10.7. The van der Waals surface area contributed by atoms with Gasteiger partial charge in [-0.3, -0.25) is 4.79 Å². The van der Waals surface area contributed by atoms with E-state index in [0.29, 0.717) is 29.0 Å². The van der Waals surface area contributed by atoms with Crippen LogP contribution in [0.2, 0.25) is 5.15 Å². The normalized spacial score (nSPS) is 24.0. The number of ether oxygens (including phenoxy) is 2. The van der Waals surface area contributed by atoms with Gasteiger partial charge in [-0.05, 0) is 36.9 Å². The van der Waals surface area contributed by atoms with Crippen molar-refractivity contribution in [3.8, 4) is 0 Å². The first-order chi connectivity index (χ1) is 12.5. The highest BCUT2D eigenvalue weighted by atomic mass is 35.5. The Bertz CT molecular complexity index is 716. The van der Waals surface area contributed by atoms with Gasteiger partial charge in [0.05, 0.1) is 19.8 Å². The molecule has 0 N–H and O–H groups in total. The van der Waals surface area contributed by atoms with Gasteiger partial charge in [-0.15, -0.1) is 0 Å². The lowest BCUT2D eigenvalue weighted by Crippen LogP contribution is -2.36. The second-order valence-electron chi connectivity index (χ2n) is 6.41. The number of amides is 1. The smallest absolute Gasteiger partial charge is 0.330 e. The molecule has 0 saturated carbocycles. The number of aromatic nitrogens is 1. The van der Waals surface area contributed by atoms with Crippen molar-refractivity contribution >= 4 is 33.0 Å². The fourth-order valence-corrected chi connectivity index (χ4v) is 4.91. The number of nitrogens with zero attached hydrogens (tertiary/aromatic N) is 2. The SMILES string of the molecule is COC(=O)C1=C(C)N(C[C@H]2CCCO2)C(=O)C[C@@H](c2ccc(Cl)nc2)[Si]1. The quantitative estimate of drug-likeness (QED) is 0.446. The summed E-state index contributed by atoms with van der Waals surface area (Å²) in [5, 5.41) is 0.952. The van der Waals surface area contributed by atoms with E-state index in [1.807, 2.05) is 13.0 Å². The fourth-order valence-electron chi connectivity index (χ4n) is 3.27. The van der Waals surface area contributed by atoms with Crippen LogP contribution in [0, 0.1) is 0 Å². The zero-order valence-electron chi connectivity index (χ0n) is 14.8. The van der Waals surface area contributed by atoms with E-state index < -0.39 is 0 Å². The zero-order chi connectivity index (χ0) is 18.7. The highest BCUT2D eigenvalue weighted by Gasteiger charge is 2.34. The van der Waals surface area contributed by atoms with Gasteiger partial charge in [0.25, 0.3) is 0 Å². The molecule has 2 atom stereocenters. The summed E-state index contributed by atoms with van der Waals surface area (Å²) in [6.07, 6.45) is 3.93. The Hall–Kier alpha value is -1.70. The number of pyridine rings is 1. The van der Waals surface area contributed by atoms with Gasteiger partial charge in [-0.2, -0.15) is 0 Å². The maximum absolute atomic E-state index is 13.0. The molecule has 1 amide bonds. The van der Waals surface area contributed by atoms with Crippen molar-refractivity contribution in [1.29, 1.82) is 0 Å². The standard InChI is InChI=1S/C18H21ClN2O4Si/c1-11-17(18(23)24-2)26-14(12-5-6-15(19)20-9-12)8-16(22)21(11)10-13-4-3-7-25-13/h5-6,9,13-14H,3-4,7-8,10H2,1-2H3/t13-,14+/m1/s1. The molecule has 8 heteroatoms. The van der Waals surface area contributed by atoms with Crippen molar-refractivity contribution in [2.45, 2.75) is 37.8 Å². The third kappa shape index (κ3) is 4.16. The fraction of sp³-hybridized carbons (Fsp3) is 0.500. The number of carbonyl (C=O) groups excluding carboxylic acids is 2. The number of methoxy groups -OCH3 is 1. The third-order valence-corrected chi connectivity index (χ3v) is 6.68. The number of esters is 1. The molecule has 2 aliphatic heterocycles. The van der Waals surface area contributed by atoms with Crippen LogP contribution in [0.1, 0.15) is 37.3 Å². The van der Waals surface area contributed by atoms with E-state index in [-0.39, 0.29) is 33.0 Å². The van der Waals surface area contributed by atoms with Crippen LogP contribution in [0.4, 0.5) is 0 Å². The second-order valence-corrected chi connectivity index (χ2v) is 8.28. The molecule has 26 heavy (non-hydrogen) atoms. The Labute approximate surface area is 160 Å². The van der Waals surface area contributed by atoms with Gasteiger partial charge in [0, 0.05) is 30.1 Å². The molecule has 0 bridgehead atoms. The van der Waals surface area contributed by atoms with Crippen LogP contribution in [0.5, 0.6) is 0 Å². The van der Waals surface area contributed by atoms with Crippen LogP contribution in [-0.2, 0) is 19.1 Å². The monoisotopic (exact) mass is 392 g/mol. The maximum atomic E-state index is 13.0. The molecule has 3 heterocycles. The Balaban J connectivity index is 1.91. The summed E-state index contributed by atoms with van der Waals surface area (Å²) >= 11 is 5.87. The lowest BCUT2D eigenvalue weighted by Gasteiger charge is -2.26. The molecule has 138 valence electrons. The maximum Gasteiger partial charge on any atom is 0.330 e. The largest absolute Gasteiger partial charge is 0.466 e. The van der Waals surface area contributed by atoms with Gasteiger partial charge in [0.1, 0.15) is 14.7 Å². The second kappa shape index (κ2) is 8.33. The Morgan fingerprint density at radius 2 is 2.31 bits per heavy atom. The summed E-state index contributed by atoms with van der Waals surface area (Å²) in [5.74, 6) is -0.399. The predicted molar refractivity (Wildman–Crippen MR) is 97.8 cm³/mol. The van der Waals surface area contributed by atoms with Gasteiger partial charge in [0.15, 0.2) is 0 Å². The Morgan fingerprint density at radius 3 is 2.92 bits per heavy atom.